The van der Waals surface area contributed by atoms with Crippen molar-refractivity contribution >= 4 is 23.5 Å². The number of nitrogens with zero attached hydrogens (tertiary/aromatic N) is 2. The third kappa shape index (κ3) is 2.86. The predicted molar refractivity (Wildman–Crippen MR) is 101 cm³/mol. The predicted octanol–water partition coefficient (Wildman–Crippen LogP) is 4.93. The zero-order valence-corrected chi connectivity index (χ0v) is 14.9. The van der Waals surface area contributed by atoms with Crippen LogP contribution < -0.4 is 4.90 Å². The molecule has 3 nitrogen and oxygen atoms in total. The van der Waals surface area contributed by atoms with E-state index in [-0.39, 0.29) is 5.91 Å². The molecule has 124 valence electrons. The summed E-state index contributed by atoms with van der Waals surface area (Å²) in [6.07, 6.45) is 3.84. The van der Waals surface area contributed by atoms with E-state index in [2.05, 4.69) is 30.1 Å². The molecule has 0 saturated heterocycles. The molecule has 0 aliphatic carbocycles. The van der Waals surface area contributed by atoms with Crippen molar-refractivity contribution in [1.29, 1.82) is 0 Å². The van der Waals surface area contributed by atoms with Gasteiger partial charge in [0.25, 0.3) is 5.91 Å². The lowest BCUT2D eigenvalue weighted by Crippen LogP contribution is -2.36. The maximum Gasteiger partial charge on any atom is 0.258 e. The van der Waals surface area contributed by atoms with Crippen LogP contribution in [0, 0.1) is 20.8 Å². The normalized spacial score (nSPS) is 14.1. The topological polar surface area (TPSA) is 32.7 Å². The lowest BCUT2D eigenvalue weighted by Gasteiger charge is -2.31. The van der Waals surface area contributed by atoms with Gasteiger partial charge in [0.15, 0.2) is 0 Å². The molecule has 1 aliphatic rings. The Morgan fingerprint density at radius 3 is 2.67 bits per heavy atom. The fourth-order valence-electron chi connectivity index (χ4n) is 3.51. The molecule has 0 N–H and O–H groups in total. The number of fused-ring (bicyclic) bond motifs is 1. The number of carbonyl (C=O) groups excluding carboxylic acids is 1. The maximum absolute atomic E-state index is 13.2. The maximum atomic E-state index is 13.2. The van der Waals surface area contributed by atoms with Gasteiger partial charge in [-0.2, -0.15) is 0 Å². The van der Waals surface area contributed by atoms with Crippen LogP contribution in [-0.2, 0) is 6.42 Å². The first-order valence-corrected chi connectivity index (χ1v) is 8.53. The number of anilines is 1. The van der Waals surface area contributed by atoms with Gasteiger partial charge in [-0.25, -0.2) is 0 Å². The van der Waals surface area contributed by atoms with E-state index in [0.717, 1.165) is 47.5 Å². The number of carbonyl (C=O) groups is 1. The zero-order chi connectivity index (χ0) is 17.3. The Kier molecular flexibility index (Phi) is 4.52. The number of benzene rings is 2. The molecule has 0 radical (unpaired) electrons. The monoisotopic (exact) mass is 320 g/mol. The Hall–Kier alpha value is -2.42. The Morgan fingerprint density at radius 1 is 1.12 bits per heavy atom. The third-order valence-corrected chi connectivity index (χ3v) is 4.71. The van der Waals surface area contributed by atoms with Crippen LogP contribution in [0.3, 0.4) is 0 Å². The third-order valence-electron chi connectivity index (χ3n) is 4.71. The number of para-hydroxylation sites is 1. The van der Waals surface area contributed by atoms with Gasteiger partial charge < -0.3 is 4.90 Å². The molecule has 0 bridgehead atoms. The van der Waals surface area contributed by atoms with Crippen molar-refractivity contribution in [1.82, 2.24) is 0 Å². The van der Waals surface area contributed by atoms with Crippen molar-refractivity contribution in [3.63, 3.8) is 0 Å². The molecule has 0 saturated carbocycles. The Bertz CT molecular complexity index is 821. The standard InChI is InChI=1S/C21H24N2O/c1-5-22-19-13-15(3)18(12-16(19)4)21(24)23-11-7-10-17-9-6-8-14(2)20(17)23/h5-6,8-9,12-13H,7,10-11H2,1-4H3/b22-5+. The summed E-state index contributed by atoms with van der Waals surface area (Å²) in [4.78, 5) is 19.6. The summed E-state index contributed by atoms with van der Waals surface area (Å²) in [6, 6.07) is 10.3. The SMILES string of the molecule is C/C=N/c1cc(C)c(C(=O)N2CCCc3cccc(C)c32)cc1C. The lowest BCUT2D eigenvalue weighted by atomic mass is 9.96. The zero-order valence-electron chi connectivity index (χ0n) is 14.9. The van der Waals surface area contributed by atoms with Crippen LogP contribution >= 0.6 is 0 Å². The fraction of sp³-hybridized carbons (Fsp3) is 0.333. The van der Waals surface area contributed by atoms with Crippen molar-refractivity contribution in [2.45, 2.75) is 40.5 Å². The number of aliphatic imine (C=N–C) groups is 1. The van der Waals surface area contributed by atoms with Gasteiger partial charge in [0, 0.05) is 18.3 Å². The van der Waals surface area contributed by atoms with Crippen LogP contribution in [0.4, 0.5) is 11.4 Å². The van der Waals surface area contributed by atoms with Crippen LogP contribution in [0.2, 0.25) is 0 Å². The number of aryl methyl sites for hydroxylation is 4. The molecular weight excluding hydrogens is 296 g/mol. The molecule has 3 heteroatoms. The first kappa shape index (κ1) is 16.4. The molecular formula is C21H24N2O. The van der Waals surface area contributed by atoms with Crippen molar-refractivity contribution in [3.05, 3.63) is 58.1 Å². The first-order chi connectivity index (χ1) is 11.5. The summed E-state index contributed by atoms with van der Waals surface area (Å²) in [7, 11) is 0. The highest BCUT2D eigenvalue weighted by Crippen LogP contribution is 2.33. The molecule has 1 aliphatic heterocycles. The van der Waals surface area contributed by atoms with Crippen LogP contribution in [0.25, 0.3) is 0 Å². The number of amides is 1. The van der Waals surface area contributed by atoms with Gasteiger partial charge in [0.2, 0.25) is 0 Å². The highest BCUT2D eigenvalue weighted by molar-refractivity contribution is 6.08. The van der Waals surface area contributed by atoms with E-state index in [9.17, 15) is 4.79 Å². The molecule has 0 atom stereocenters. The fourth-order valence-corrected chi connectivity index (χ4v) is 3.51. The van der Waals surface area contributed by atoms with Crippen molar-refractivity contribution < 1.29 is 4.79 Å². The molecule has 24 heavy (non-hydrogen) atoms. The second-order valence-electron chi connectivity index (χ2n) is 6.48. The Labute approximate surface area is 144 Å². The number of rotatable bonds is 2. The van der Waals surface area contributed by atoms with E-state index >= 15 is 0 Å². The van der Waals surface area contributed by atoms with Crippen molar-refractivity contribution in [2.75, 3.05) is 11.4 Å². The summed E-state index contributed by atoms with van der Waals surface area (Å²) >= 11 is 0. The van der Waals surface area contributed by atoms with Gasteiger partial charge in [-0.05, 0) is 74.9 Å². The molecule has 1 amide bonds. The molecule has 0 unspecified atom stereocenters. The van der Waals surface area contributed by atoms with E-state index in [1.165, 1.54) is 11.1 Å². The lowest BCUT2D eigenvalue weighted by molar-refractivity contribution is 0.0984. The second kappa shape index (κ2) is 6.60. The molecule has 0 fully saturated rings. The number of hydrogen-bond acceptors (Lipinski definition) is 2. The van der Waals surface area contributed by atoms with E-state index < -0.39 is 0 Å². The van der Waals surface area contributed by atoms with Crippen LogP contribution in [0.5, 0.6) is 0 Å². The van der Waals surface area contributed by atoms with Gasteiger partial charge in [-0.15, -0.1) is 0 Å². The average molecular weight is 320 g/mol. The summed E-state index contributed by atoms with van der Waals surface area (Å²) in [5, 5.41) is 0. The van der Waals surface area contributed by atoms with Crippen LogP contribution in [0.1, 0.15) is 46.0 Å². The highest BCUT2D eigenvalue weighted by atomic mass is 16.2. The van der Waals surface area contributed by atoms with Gasteiger partial charge in [-0.3, -0.25) is 9.79 Å². The van der Waals surface area contributed by atoms with Crippen LogP contribution in [-0.4, -0.2) is 18.7 Å². The largest absolute Gasteiger partial charge is 0.308 e. The molecule has 0 spiro atoms. The van der Waals surface area contributed by atoms with E-state index in [1.807, 2.05) is 37.8 Å². The van der Waals surface area contributed by atoms with Gasteiger partial charge >= 0.3 is 0 Å². The quantitative estimate of drug-likeness (QED) is 0.722. The summed E-state index contributed by atoms with van der Waals surface area (Å²) in [5.41, 5.74) is 7.26. The smallest absolute Gasteiger partial charge is 0.258 e. The van der Waals surface area contributed by atoms with Gasteiger partial charge in [0.1, 0.15) is 0 Å². The number of hydrogen-bond donors (Lipinski definition) is 0. The van der Waals surface area contributed by atoms with Crippen LogP contribution in [0.15, 0.2) is 35.3 Å². The second-order valence-corrected chi connectivity index (χ2v) is 6.48. The van der Waals surface area contributed by atoms with Gasteiger partial charge in [0.05, 0.1) is 11.4 Å². The minimum Gasteiger partial charge on any atom is -0.308 e. The minimum absolute atomic E-state index is 0.0953. The summed E-state index contributed by atoms with van der Waals surface area (Å²) < 4.78 is 0. The highest BCUT2D eigenvalue weighted by Gasteiger charge is 2.26. The molecule has 0 aromatic heterocycles. The molecule has 2 aromatic carbocycles. The van der Waals surface area contributed by atoms with E-state index in [1.54, 1.807) is 6.21 Å². The minimum atomic E-state index is 0.0953. The van der Waals surface area contributed by atoms with E-state index in [4.69, 9.17) is 0 Å². The Morgan fingerprint density at radius 2 is 1.92 bits per heavy atom. The molecule has 3 rings (SSSR count). The van der Waals surface area contributed by atoms with E-state index in [0.29, 0.717) is 0 Å². The Balaban J connectivity index is 2.04. The molecule has 2 aromatic rings. The average Bonchev–Trinajstić information content (AvgIpc) is 2.57. The summed E-state index contributed by atoms with van der Waals surface area (Å²) in [6.45, 7) is 8.77. The first-order valence-electron chi connectivity index (χ1n) is 8.53. The summed E-state index contributed by atoms with van der Waals surface area (Å²) in [5.74, 6) is 0.0953. The van der Waals surface area contributed by atoms with Gasteiger partial charge in [-0.1, -0.05) is 18.2 Å². The van der Waals surface area contributed by atoms with Crippen molar-refractivity contribution in [2.24, 2.45) is 4.99 Å². The molecule has 1 heterocycles. The van der Waals surface area contributed by atoms with Crippen molar-refractivity contribution in [3.8, 4) is 0 Å².